The Labute approximate surface area is 188 Å². The first-order chi connectivity index (χ1) is 15.3. The molecule has 10 heteroatoms. The van der Waals surface area contributed by atoms with Crippen molar-refractivity contribution in [2.75, 3.05) is 12.3 Å². The minimum absolute atomic E-state index is 0.0773. The van der Waals surface area contributed by atoms with Gasteiger partial charge in [-0.15, -0.1) is 0 Å². The third-order valence-corrected chi connectivity index (χ3v) is 5.80. The molecule has 0 spiro atoms. The molecule has 0 aromatic heterocycles. The molecule has 0 saturated heterocycles. The fourth-order valence-electron chi connectivity index (χ4n) is 2.72. The van der Waals surface area contributed by atoms with E-state index in [0.29, 0.717) is 4.90 Å². The molecule has 0 unspecified atom stereocenters. The SMILES string of the molecule is NC(=O)[C@H](CC[S@](=O)c1ccccc1)NC(=O)C[C@@H](O)CNC(=O)OCc1ccccc1. The molecule has 0 aliphatic carbocycles. The number of carbonyl (C=O) groups is 3. The van der Waals surface area contributed by atoms with Crippen LogP contribution in [0.3, 0.4) is 0 Å². The van der Waals surface area contributed by atoms with Gasteiger partial charge in [0.2, 0.25) is 11.8 Å². The number of rotatable bonds is 12. The van der Waals surface area contributed by atoms with Gasteiger partial charge in [0.25, 0.3) is 0 Å². The number of benzene rings is 2. The van der Waals surface area contributed by atoms with Crippen LogP contribution in [0.5, 0.6) is 0 Å². The van der Waals surface area contributed by atoms with E-state index in [0.717, 1.165) is 5.56 Å². The molecule has 9 nitrogen and oxygen atoms in total. The van der Waals surface area contributed by atoms with Gasteiger partial charge in [-0.3, -0.25) is 13.8 Å². The summed E-state index contributed by atoms with van der Waals surface area (Å²) in [5, 5.41) is 14.8. The number of hydrogen-bond donors (Lipinski definition) is 4. The molecule has 0 bridgehead atoms. The normalized spacial score (nSPS) is 13.4. The molecule has 172 valence electrons. The molecule has 2 rings (SSSR count). The van der Waals surface area contributed by atoms with Crippen molar-refractivity contribution in [3.63, 3.8) is 0 Å². The number of amides is 3. The van der Waals surface area contributed by atoms with Gasteiger partial charge in [-0.25, -0.2) is 4.79 Å². The molecule has 2 aromatic carbocycles. The van der Waals surface area contributed by atoms with Crippen molar-refractivity contribution >= 4 is 28.7 Å². The van der Waals surface area contributed by atoms with Gasteiger partial charge in [-0.1, -0.05) is 48.5 Å². The lowest BCUT2D eigenvalue weighted by Gasteiger charge is -2.17. The summed E-state index contributed by atoms with van der Waals surface area (Å²) in [5.41, 5.74) is 6.14. The average molecular weight is 462 g/mol. The van der Waals surface area contributed by atoms with Crippen LogP contribution >= 0.6 is 0 Å². The highest BCUT2D eigenvalue weighted by Gasteiger charge is 2.21. The van der Waals surface area contributed by atoms with E-state index in [2.05, 4.69) is 10.6 Å². The highest BCUT2D eigenvalue weighted by molar-refractivity contribution is 7.85. The highest BCUT2D eigenvalue weighted by atomic mass is 32.2. The van der Waals surface area contributed by atoms with Crippen LogP contribution in [0.1, 0.15) is 18.4 Å². The maximum atomic E-state index is 12.3. The van der Waals surface area contributed by atoms with Crippen LogP contribution in [0.4, 0.5) is 4.79 Å². The van der Waals surface area contributed by atoms with E-state index in [9.17, 15) is 23.7 Å². The lowest BCUT2D eigenvalue weighted by molar-refractivity contribution is -0.128. The maximum Gasteiger partial charge on any atom is 0.407 e. The van der Waals surface area contributed by atoms with Gasteiger partial charge in [0.1, 0.15) is 12.6 Å². The molecule has 2 aromatic rings. The number of alkyl carbamates (subject to hydrolysis) is 1. The van der Waals surface area contributed by atoms with Crippen LogP contribution in [-0.4, -0.2) is 51.7 Å². The largest absolute Gasteiger partial charge is 0.445 e. The van der Waals surface area contributed by atoms with Gasteiger partial charge in [0.05, 0.1) is 23.3 Å². The third-order valence-electron chi connectivity index (χ3n) is 4.39. The fraction of sp³-hybridized carbons (Fsp3) is 0.318. The van der Waals surface area contributed by atoms with Crippen molar-refractivity contribution in [2.45, 2.75) is 36.5 Å². The molecule has 32 heavy (non-hydrogen) atoms. The second-order valence-electron chi connectivity index (χ2n) is 6.97. The van der Waals surface area contributed by atoms with Gasteiger partial charge < -0.3 is 26.2 Å². The standard InChI is InChI=1S/C22H27N3O6S/c23-21(28)19(11-12-32(30)18-9-5-2-6-10-18)25-20(27)13-17(26)14-24-22(29)31-15-16-7-3-1-4-8-16/h1-10,17,19,26H,11-15H2,(H2,23,28)(H,24,29)(H,25,27)/t17-,19+,32+/m1/s1. The molecule has 5 N–H and O–H groups in total. The van der Waals surface area contributed by atoms with Gasteiger partial charge in [0.15, 0.2) is 0 Å². The first-order valence-electron chi connectivity index (χ1n) is 10.00. The van der Waals surface area contributed by atoms with E-state index < -0.39 is 40.9 Å². The summed E-state index contributed by atoms with van der Waals surface area (Å²) in [7, 11) is -1.34. The Morgan fingerprint density at radius 2 is 1.66 bits per heavy atom. The molecule has 0 aliphatic rings. The third kappa shape index (κ3) is 9.27. The second kappa shape index (κ2) is 13.2. The van der Waals surface area contributed by atoms with Gasteiger partial charge >= 0.3 is 6.09 Å². The lowest BCUT2D eigenvalue weighted by atomic mass is 10.2. The Kier molecular flexibility index (Phi) is 10.3. The second-order valence-corrected chi connectivity index (χ2v) is 8.55. The predicted molar refractivity (Wildman–Crippen MR) is 119 cm³/mol. The van der Waals surface area contributed by atoms with Gasteiger partial charge in [0, 0.05) is 17.2 Å². The summed E-state index contributed by atoms with van der Waals surface area (Å²) in [4.78, 5) is 36.1. The summed E-state index contributed by atoms with van der Waals surface area (Å²) in [6, 6.07) is 16.8. The number of primary amides is 1. The van der Waals surface area contributed by atoms with Gasteiger partial charge in [-0.2, -0.15) is 0 Å². The van der Waals surface area contributed by atoms with E-state index in [1.807, 2.05) is 18.2 Å². The van der Waals surface area contributed by atoms with Crippen LogP contribution in [-0.2, 0) is 31.7 Å². The Bertz CT molecular complexity index is 910. The van der Waals surface area contributed by atoms with Crippen molar-refractivity contribution in [2.24, 2.45) is 5.73 Å². The molecule has 3 amide bonds. The first-order valence-corrected chi connectivity index (χ1v) is 11.3. The number of hydrogen-bond acceptors (Lipinski definition) is 6. The zero-order valence-corrected chi connectivity index (χ0v) is 18.3. The smallest absolute Gasteiger partial charge is 0.407 e. The summed E-state index contributed by atoms with van der Waals surface area (Å²) in [6.45, 7) is -0.131. The van der Waals surface area contributed by atoms with Crippen molar-refractivity contribution in [1.29, 1.82) is 0 Å². The molecule has 0 heterocycles. The van der Waals surface area contributed by atoms with E-state index in [4.69, 9.17) is 10.5 Å². The quantitative estimate of drug-likeness (QED) is 0.368. The number of nitrogens with one attached hydrogen (secondary N) is 2. The van der Waals surface area contributed by atoms with Crippen LogP contribution < -0.4 is 16.4 Å². The molecular formula is C22H27N3O6S. The minimum Gasteiger partial charge on any atom is -0.445 e. The number of nitrogens with two attached hydrogens (primary N) is 1. The number of aliphatic hydroxyl groups excluding tert-OH is 1. The Hall–Kier alpha value is -3.24. The predicted octanol–water partition coefficient (Wildman–Crippen LogP) is 0.832. The number of ether oxygens (including phenoxy) is 1. The average Bonchev–Trinajstić information content (AvgIpc) is 2.79. The van der Waals surface area contributed by atoms with E-state index in [-0.39, 0.29) is 31.7 Å². The first kappa shape index (κ1) is 25.0. The molecule has 0 fully saturated rings. The maximum absolute atomic E-state index is 12.3. The highest BCUT2D eigenvalue weighted by Crippen LogP contribution is 2.08. The van der Waals surface area contributed by atoms with Crippen molar-refractivity contribution < 1.29 is 28.4 Å². The Balaban J connectivity index is 1.70. The summed E-state index contributed by atoms with van der Waals surface area (Å²) < 4.78 is 17.3. The minimum atomic E-state index is -1.34. The van der Waals surface area contributed by atoms with Crippen LogP contribution in [0.15, 0.2) is 65.6 Å². The molecule has 3 atom stereocenters. The fourth-order valence-corrected chi connectivity index (χ4v) is 3.86. The lowest BCUT2D eigenvalue weighted by Crippen LogP contribution is -2.46. The summed E-state index contributed by atoms with van der Waals surface area (Å²) in [6.07, 6.45) is -2.19. The molecule has 0 saturated carbocycles. The van der Waals surface area contributed by atoms with Crippen LogP contribution in [0.2, 0.25) is 0 Å². The van der Waals surface area contributed by atoms with Crippen LogP contribution in [0, 0.1) is 0 Å². The van der Waals surface area contributed by atoms with E-state index in [1.54, 1.807) is 42.5 Å². The number of aliphatic hydroxyl groups is 1. The summed E-state index contributed by atoms with van der Waals surface area (Å²) in [5.74, 6) is -1.25. The Morgan fingerprint density at radius 1 is 1.03 bits per heavy atom. The van der Waals surface area contributed by atoms with Crippen molar-refractivity contribution in [3.8, 4) is 0 Å². The van der Waals surface area contributed by atoms with E-state index >= 15 is 0 Å². The summed E-state index contributed by atoms with van der Waals surface area (Å²) >= 11 is 0. The topological polar surface area (TPSA) is 148 Å². The van der Waals surface area contributed by atoms with Gasteiger partial charge in [-0.05, 0) is 24.1 Å². The van der Waals surface area contributed by atoms with Crippen LogP contribution in [0.25, 0.3) is 0 Å². The zero-order valence-electron chi connectivity index (χ0n) is 17.4. The zero-order chi connectivity index (χ0) is 23.3. The molecule has 0 radical (unpaired) electrons. The van der Waals surface area contributed by atoms with E-state index in [1.165, 1.54) is 0 Å². The van der Waals surface area contributed by atoms with Crippen molar-refractivity contribution in [3.05, 3.63) is 66.2 Å². The number of carbonyl (C=O) groups excluding carboxylic acids is 3. The Morgan fingerprint density at radius 3 is 2.28 bits per heavy atom. The van der Waals surface area contributed by atoms with Crippen molar-refractivity contribution in [1.82, 2.24) is 10.6 Å². The monoisotopic (exact) mass is 461 g/mol. The molecular weight excluding hydrogens is 434 g/mol. The molecule has 0 aliphatic heterocycles.